The highest BCUT2D eigenvalue weighted by molar-refractivity contribution is 5.97. The molecule has 2 bridgehead atoms. The van der Waals surface area contributed by atoms with Crippen LogP contribution in [0, 0.1) is 11.3 Å². The Bertz CT molecular complexity index is 837. The summed E-state index contributed by atoms with van der Waals surface area (Å²) < 4.78 is 17.9. The van der Waals surface area contributed by atoms with Gasteiger partial charge in [-0.15, -0.1) is 0 Å². The van der Waals surface area contributed by atoms with Crippen LogP contribution in [0.4, 0.5) is 0 Å². The molecule has 1 saturated heterocycles. The highest BCUT2D eigenvalue weighted by Crippen LogP contribution is 2.29. The van der Waals surface area contributed by atoms with Crippen LogP contribution in [0.3, 0.4) is 0 Å². The maximum atomic E-state index is 13.1. The molecule has 2 heterocycles. The molecule has 31 heavy (non-hydrogen) atoms. The van der Waals surface area contributed by atoms with E-state index in [1.807, 2.05) is 0 Å². The Hall–Kier alpha value is -2.63. The topological polar surface area (TPSA) is 92.1 Å². The molecule has 0 N–H and O–H groups in total. The Morgan fingerprint density at radius 2 is 1.94 bits per heavy atom. The fourth-order valence-corrected chi connectivity index (χ4v) is 4.11. The van der Waals surface area contributed by atoms with Crippen LogP contribution in [0.2, 0.25) is 0 Å². The maximum Gasteiger partial charge on any atom is 0.257 e. The number of carbonyl (C=O) groups excluding carboxylic acids is 2. The van der Waals surface area contributed by atoms with Gasteiger partial charge in [-0.1, -0.05) is 6.07 Å². The third kappa shape index (κ3) is 5.54. The largest absolute Gasteiger partial charge is 0.489 e. The number of rotatable bonds is 1. The minimum Gasteiger partial charge on any atom is -0.489 e. The first-order valence-corrected chi connectivity index (χ1v) is 10.8. The van der Waals surface area contributed by atoms with Gasteiger partial charge in [0.1, 0.15) is 24.5 Å². The molecule has 3 atom stereocenters. The monoisotopic (exact) mass is 429 g/mol. The number of nitriles is 1. The summed E-state index contributed by atoms with van der Waals surface area (Å²) in [6.45, 7) is 1.23. The second-order valence-electron chi connectivity index (χ2n) is 8.19. The Labute approximate surface area is 183 Å². The lowest BCUT2D eigenvalue weighted by Gasteiger charge is -2.36. The predicted molar refractivity (Wildman–Crippen MR) is 114 cm³/mol. The summed E-state index contributed by atoms with van der Waals surface area (Å²) in [7, 11) is 5.15. The number of carbonyl (C=O) groups is 2. The van der Waals surface area contributed by atoms with Gasteiger partial charge in [-0.3, -0.25) is 9.59 Å². The van der Waals surface area contributed by atoms with E-state index in [2.05, 4.69) is 6.07 Å². The van der Waals surface area contributed by atoms with Gasteiger partial charge in [-0.2, -0.15) is 5.26 Å². The van der Waals surface area contributed by atoms with Crippen LogP contribution < -0.4 is 4.74 Å². The molecule has 3 rings (SSSR count). The number of benzene rings is 1. The smallest absolute Gasteiger partial charge is 0.257 e. The number of amides is 2. The molecular formula is C23H31N3O5. The maximum absolute atomic E-state index is 13.1. The van der Waals surface area contributed by atoms with Crippen molar-refractivity contribution in [3.8, 4) is 11.8 Å². The fourth-order valence-electron chi connectivity index (χ4n) is 4.11. The molecule has 0 unspecified atom stereocenters. The highest BCUT2D eigenvalue weighted by Gasteiger charge is 2.33. The van der Waals surface area contributed by atoms with Gasteiger partial charge in [0.25, 0.3) is 5.91 Å². The zero-order valence-electron chi connectivity index (χ0n) is 18.5. The minimum absolute atomic E-state index is 0.00148. The van der Waals surface area contributed by atoms with Crippen LogP contribution in [0.1, 0.15) is 48.0 Å². The third-order valence-electron chi connectivity index (χ3n) is 6.06. The molecule has 0 aromatic heterocycles. The van der Waals surface area contributed by atoms with Crippen molar-refractivity contribution in [1.29, 1.82) is 5.26 Å². The first-order chi connectivity index (χ1) is 14.9. The van der Waals surface area contributed by atoms with Gasteiger partial charge in [0.15, 0.2) is 0 Å². The molecule has 168 valence electrons. The number of fused-ring (bicyclic) bond motifs is 3. The Morgan fingerprint density at radius 1 is 1.13 bits per heavy atom. The van der Waals surface area contributed by atoms with E-state index < -0.39 is 0 Å². The normalized spacial score (nSPS) is 26.1. The van der Waals surface area contributed by atoms with E-state index in [1.165, 1.54) is 0 Å². The molecule has 1 fully saturated rings. The second-order valence-corrected chi connectivity index (χ2v) is 8.19. The summed E-state index contributed by atoms with van der Waals surface area (Å²) in [5.41, 5.74) is 0.636. The van der Waals surface area contributed by atoms with Crippen molar-refractivity contribution in [2.24, 2.45) is 0 Å². The van der Waals surface area contributed by atoms with E-state index in [1.54, 1.807) is 49.2 Å². The lowest BCUT2D eigenvalue weighted by molar-refractivity contribution is -0.145. The van der Waals surface area contributed by atoms with Gasteiger partial charge in [0.2, 0.25) is 5.91 Å². The van der Waals surface area contributed by atoms with E-state index in [0.717, 1.165) is 19.3 Å². The first-order valence-electron chi connectivity index (χ1n) is 10.8. The number of para-hydroxylation sites is 1. The van der Waals surface area contributed by atoms with E-state index in [-0.39, 0.29) is 42.5 Å². The number of methoxy groups -OCH3 is 1. The van der Waals surface area contributed by atoms with Gasteiger partial charge < -0.3 is 24.0 Å². The summed E-state index contributed by atoms with van der Waals surface area (Å²) in [5, 5.41) is 9.56. The molecule has 2 amide bonds. The lowest BCUT2D eigenvalue weighted by atomic mass is 9.99. The van der Waals surface area contributed by atoms with E-state index in [4.69, 9.17) is 14.2 Å². The number of nitrogens with zero attached hydrogens (tertiary/aromatic N) is 3. The third-order valence-corrected chi connectivity index (χ3v) is 6.06. The second kappa shape index (κ2) is 10.6. The summed E-state index contributed by atoms with van der Waals surface area (Å²) >= 11 is 0. The summed E-state index contributed by atoms with van der Waals surface area (Å²) in [6.07, 6.45) is 2.89. The van der Waals surface area contributed by atoms with Gasteiger partial charge >= 0.3 is 0 Å². The fraction of sp³-hybridized carbons (Fsp3) is 0.609. The molecule has 2 aliphatic rings. The molecule has 0 saturated carbocycles. The van der Waals surface area contributed by atoms with Crippen LogP contribution in [-0.4, -0.2) is 80.8 Å². The highest BCUT2D eigenvalue weighted by atomic mass is 16.6. The van der Waals surface area contributed by atoms with Gasteiger partial charge in [0.05, 0.1) is 23.3 Å². The van der Waals surface area contributed by atoms with Crippen LogP contribution in [0.25, 0.3) is 0 Å². The van der Waals surface area contributed by atoms with Crippen molar-refractivity contribution in [1.82, 2.24) is 9.80 Å². The minimum atomic E-state index is -0.329. The molecule has 0 aliphatic carbocycles. The molecule has 0 radical (unpaired) electrons. The quantitative estimate of drug-likeness (QED) is 0.680. The van der Waals surface area contributed by atoms with Crippen LogP contribution in [0.15, 0.2) is 18.2 Å². The van der Waals surface area contributed by atoms with Crippen molar-refractivity contribution in [3.05, 3.63) is 29.3 Å². The van der Waals surface area contributed by atoms with Crippen LogP contribution in [-0.2, 0) is 14.3 Å². The summed E-state index contributed by atoms with van der Waals surface area (Å²) in [4.78, 5) is 28.8. The molecule has 8 nitrogen and oxygen atoms in total. The molecule has 8 heteroatoms. The van der Waals surface area contributed by atoms with E-state index >= 15 is 0 Å². The number of ether oxygens (including phenoxy) is 3. The van der Waals surface area contributed by atoms with Crippen LogP contribution in [0.5, 0.6) is 5.75 Å². The van der Waals surface area contributed by atoms with Gasteiger partial charge in [0, 0.05) is 40.7 Å². The molecule has 1 aromatic rings. The standard InChI is InChI=1S/C23H31N3O5/c1-25-13-11-17-9-10-19(29-3)20(31-17)15-30-22-16(14-24)6-4-7-18(22)23(28)26(2)12-5-8-21(25)27/h4,6-7,17,19-20H,5,8-13,15H2,1-3H3/t17-,19-,20-/m0/s1. The van der Waals surface area contributed by atoms with Gasteiger partial charge in [-0.25, -0.2) is 0 Å². The van der Waals surface area contributed by atoms with E-state index in [9.17, 15) is 14.9 Å². The number of hydrogen-bond donors (Lipinski definition) is 0. The molecule has 0 spiro atoms. The van der Waals surface area contributed by atoms with Crippen molar-refractivity contribution in [3.63, 3.8) is 0 Å². The Kier molecular flexibility index (Phi) is 7.88. The number of hydrogen-bond acceptors (Lipinski definition) is 6. The van der Waals surface area contributed by atoms with Crippen molar-refractivity contribution in [2.45, 2.75) is 50.4 Å². The molecule has 2 aliphatic heterocycles. The Balaban J connectivity index is 1.90. The van der Waals surface area contributed by atoms with E-state index in [0.29, 0.717) is 37.1 Å². The first kappa shape index (κ1) is 23.0. The zero-order valence-corrected chi connectivity index (χ0v) is 18.5. The van der Waals surface area contributed by atoms with Gasteiger partial charge in [-0.05, 0) is 37.8 Å². The van der Waals surface area contributed by atoms with Crippen LogP contribution >= 0.6 is 0 Å². The summed E-state index contributed by atoms with van der Waals surface area (Å²) in [6, 6.07) is 7.09. The average Bonchev–Trinajstić information content (AvgIpc) is 2.79. The van der Waals surface area contributed by atoms with Crippen molar-refractivity contribution < 1.29 is 23.8 Å². The Morgan fingerprint density at radius 3 is 2.68 bits per heavy atom. The summed E-state index contributed by atoms with van der Waals surface area (Å²) in [5.74, 6) is 0.0848. The lowest BCUT2D eigenvalue weighted by Crippen LogP contribution is -2.44. The zero-order chi connectivity index (χ0) is 22.4. The van der Waals surface area contributed by atoms with Crippen molar-refractivity contribution >= 4 is 11.8 Å². The molecular weight excluding hydrogens is 398 g/mol. The van der Waals surface area contributed by atoms with Crippen molar-refractivity contribution in [2.75, 3.05) is 40.9 Å². The average molecular weight is 430 g/mol. The predicted octanol–water partition coefficient (Wildman–Crippen LogP) is 2.21. The molecule has 1 aromatic carbocycles. The SMILES string of the molecule is CO[C@H]1CC[C@H]2CCN(C)C(=O)CCCN(C)C(=O)c3cccc(C#N)c3OC[C@@H]1O2.